The first-order valence-corrected chi connectivity index (χ1v) is 11.4. The molecule has 0 saturated carbocycles. The Morgan fingerprint density at radius 1 is 1.12 bits per heavy atom. The Balaban J connectivity index is 1.15. The number of piperazine rings is 1. The number of pyridine rings is 1. The zero-order valence-corrected chi connectivity index (χ0v) is 18.5. The van der Waals surface area contributed by atoms with Crippen molar-refractivity contribution in [2.45, 2.75) is 37.4 Å². The number of methoxy groups -OCH3 is 1. The van der Waals surface area contributed by atoms with Crippen molar-refractivity contribution in [2.75, 3.05) is 33.3 Å². The van der Waals surface area contributed by atoms with Gasteiger partial charge in [0.1, 0.15) is 22.9 Å². The van der Waals surface area contributed by atoms with Gasteiger partial charge in [-0.15, -0.1) is 0 Å². The molecule has 0 aromatic carbocycles. The number of rotatable bonds is 3. The second-order valence-corrected chi connectivity index (χ2v) is 9.17. The molecule has 4 aliphatic rings. The topological polar surface area (TPSA) is 104 Å². The average molecular weight is 447 g/mol. The summed E-state index contributed by atoms with van der Waals surface area (Å²) in [6, 6.07) is 5.49. The number of ether oxygens (including phenoxy) is 1. The fourth-order valence-corrected chi connectivity index (χ4v) is 5.36. The number of piperidine rings is 2. The number of likely N-dealkylation sites (tertiary alicyclic amines) is 1. The van der Waals surface area contributed by atoms with Crippen LogP contribution >= 0.6 is 0 Å². The van der Waals surface area contributed by atoms with Crippen LogP contribution in [0.5, 0.6) is 5.75 Å². The third kappa shape index (κ3) is 3.40. The van der Waals surface area contributed by atoms with Crippen molar-refractivity contribution in [2.24, 2.45) is 0 Å². The van der Waals surface area contributed by atoms with Crippen LogP contribution in [0.25, 0.3) is 16.6 Å². The zero-order chi connectivity index (χ0) is 22.5. The molecule has 3 aromatic heterocycles. The lowest BCUT2D eigenvalue weighted by atomic mass is 9.91. The second kappa shape index (κ2) is 7.78. The van der Waals surface area contributed by atoms with E-state index in [0.29, 0.717) is 28.9 Å². The highest BCUT2D eigenvalue weighted by molar-refractivity contribution is 5.75. The molecular formula is C23H26N8O2. The standard InChI is InChI=1S/C23H26N8O2/c1-33-21-6-15(11-31-22(21)16(8-24)9-26-31)17-10-25-30(12-17)20-2-4-28(5-3-20)23(32)29-13-18-7-19(14-29)27-18/h6,9-12,18-20,27H,2-5,7,13-14H2,1H3. The molecule has 2 bridgehead atoms. The van der Waals surface area contributed by atoms with Crippen molar-refractivity contribution < 1.29 is 9.53 Å². The highest BCUT2D eigenvalue weighted by atomic mass is 16.5. The maximum Gasteiger partial charge on any atom is 0.320 e. The van der Waals surface area contributed by atoms with Gasteiger partial charge in [0.25, 0.3) is 0 Å². The fourth-order valence-electron chi connectivity index (χ4n) is 5.36. The molecule has 33 heavy (non-hydrogen) atoms. The number of aromatic nitrogens is 4. The van der Waals surface area contributed by atoms with Gasteiger partial charge in [0.05, 0.1) is 25.5 Å². The minimum atomic E-state index is 0.183. The van der Waals surface area contributed by atoms with Gasteiger partial charge in [-0.3, -0.25) is 4.68 Å². The fraction of sp³-hybridized carbons (Fsp3) is 0.478. The molecule has 3 aromatic rings. The largest absolute Gasteiger partial charge is 0.494 e. The third-order valence-corrected chi connectivity index (χ3v) is 7.15. The monoisotopic (exact) mass is 446 g/mol. The van der Waals surface area contributed by atoms with Crippen molar-refractivity contribution >= 4 is 11.5 Å². The SMILES string of the molecule is COc1cc(-c2cnn(C3CCN(C(=O)N4CC5CC(C4)N5)CC3)c2)cn2ncc(C#N)c12. The van der Waals surface area contributed by atoms with Crippen molar-refractivity contribution in [1.82, 2.24) is 34.5 Å². The Labute approximate surface area is 191 Å². The molecule has 0 spiro atoms. The summed E-state index contributed by atoms with van der Waals surface area (Å²) in [5, 5.41) is 21.7. The number of nitrogens with one attached hydrogen (secondary N) is 1. The van der Waals surface area contributed by atoms with E-state index < -0.39 is 0 Å². The van der Waals surface area contributed by atoms with Gasteiger partial charge >= 0.3 is 6.03 Å². The molecule has 0 aliphatic carbocycles. The molecule has 4 fully saturated rings. The summed E-state index contributed by atoms with van der Waals surface area (Å²) in [4.78, 5) is 16.9. The van der Waals surface area contributed by atoms with Gasteiger partial charge in [0.2, 0.25) is 0 Å². The van der Waals surface area contributed by atoms with Crippen molar-refractivity contribution in [3.8, 4) is 22.9 Å². The highest BCUT2D eigenvalue weighted by Crippen LogP contribution is 2.31. The van der Waals surface area contributed by atoms with Crippen LogP contribution in [0, 0.1) is 11.3 Å². The first-order chi connectivity index (χ1) is 16.1. The molecule has 10 heteroatoms. The molecule has 4 saturated heterocycles. The van der Waals surface area contributed by atoms with E-state index in [0.717, 1.165) is 50.1 Å². The number of nitriles is 1. The number of fused-ring (bicyclic) bond motifs is 3. The predicted molar refractivity (Wildman–Crippen MR) is 120 cm³/mol. The number of carbonyl (C=O) groups is 1. The first kappa shape index (κ1) is 20.1. The van der Waals surface area contributed by atoms with Crippen molar-refractivity contribution in [1.29, 1.82) is 5.26 Å². The lowest BCUT2D eigenvalue weighted by molar-refractivity contribution is 0.0696. The molecule has 7 heterocycles. The lowest BCUT2D eigenvalue weighted by Gasteiger charge is -2.49. The Kier molecular flexibility index (Phi) is 4.73. The van der Waals surface area contributed by atoms with Crippen LogP contribution in [-0.2, 0) is 0 Å². The lowest BCUT2D eigenvalue weighted by Crippen LogP contribution is -2.68. The third-order valence-electron chi connectivity index (χ3n) is 7.15. The molecule has 10 nitrogen and oxygen atoms in total. The number of hydrogen-bond acceptors (Lipinski definition) is 6. The summed E-state index contributed by atoms with van der Waals surface area (Å²) in [7, 11) is 1.59. The molecule has 2 atom stereocenters. The molecule has 4 aliphatic heterocycles. The van der Waals surface area contributed by atoms with E-state index in [-0.39, 0.29) is 12.1 Å². The predicted octanol–water partition coefficient (Wildman–Crippen LogP) is 1.88. The van der Waals surface area contributed by atoms with Crippen LogP contribution in [-0.4, -0.2) is 80.6 Å². The van der Waals surface area contributed by atoms with Gasteiger partial charge in [-0.1, -0.05) is 0 Å². The Bertz CT molecular complexity index is 1230. The second-order valence-electron chi connectivity index (χ2n) is 9.17. The van der Waals surface area contributed by atoms with Crippen molar-refractivity contribution in [3.05, 3.63) is 36.4 Å². The van der Waals surface area contributed by atoms with Gasteiger partial charge in [-0.2, -0.15) is 15.5 Å². The summed E-state index contributed by atoms with van der Waals surface area (Å²) < 4.78 is 9.21. The summed E-state index contributed by atoms with van der Waals surface area (Å²) in [5.74, 6) is 0.603. The van der Waals surface area contributed by atoms with Crippen molar-refractivity contribution in [3.63, 3.8) is 0 Å². The van der Waals surface area contributed by atoms with E-state index in [1.807, 2.05) is 39.1 Å². The van der Waals surface area contributed by atoms with Crippen LogP contribution < -0.4 is 10.1 Å². The number of amides is 2. The van der Waals surface area contributed by atoms with E-state index in [1.54, 1.807) is 17.8 Å². The van der Waals surface area contributed by atoms with E-state index in [2.05, 4.69) is 21.6 Å². The smallest absolute Gasteiger partial charge is 0.320 e. The van der Waals surface area contributed by atoms with Crippen LogP contribution in [0.4, 0.5) is 4.79 Å². The van der Waals surface area contributed by atoms with Gasteiger partial charge in [0, 0.05) is 61.8 Å². The Hall–Kier alpha value is -3.58. The van der Waals surface area contributed by atoms with Crippen LogP contribution in [0.15, 0.2) is 30.9 Å². The zero-order valence-electron chi connectivity index (χ0n) is 18.5. The molecule has 1 N–H and O–H groups in total. The van der Waals surface area contributed by atoms with E-state index >= 15 is 0 Å². The number of hydrogen-bond donors (Lipinski definition) is 1. The Morgan fingerprint density at radius 2 is 1.88 bits per heavy atom. The molecule has 2 unspecified atom stereocenters. The molecule has 0 radical (unpaired) electrons. The summed E-state index contributed by atoms with van der Waals surface area (Å²) in [6.45, 7) is 3.17. The van der Waals surface area contributed by atoms with Crippen LogP contribution in [0.1, 0.15) is 30.9 Å². The normalized spacial score (nSPS) is 22.8. The van der Waals surface area contributed by atoms with Gasteiger partial charge in [-0.25, -0.2) is 9.31 Å². The molecule has 170 valence electrons. The minimum Gasteiger partial charge on any atom is -0.494 e. The summed E-state index contributed by atoms with van der Waals surface area (Å²) in [5.41, 5.74) is 3.02. The van der Waals surface area contributed by atoms with Gasteiger partial charge in [0.15, 0.2) is 0 Å². The highest BCUT2D eigenvalue weighted by Gasteiger charge is 2.40. The molecule has 2 amide bonds. The first-order valence-electron chi connectivity index (χ1n) is 11.4. The van der Waals surface area contributed by atoms with Crippen LogP contribution in [0.3, 0.4) is 0 Å². The van der Waals surface area contributed by atoms with E-state index in [4.69, 9.17) is 4.74 Å². The maximum atomic E-state index is 12.9. The average Bonchev–Trinajstić information content (AvgIpc) is 3.50. The number of carbonyl (C=O) groups excluding carboxylic acids is 1. The van der Waals surface area contributed by atoms with Crippen LogP contribution in [0.2, 0.25) is 0 Å². The van der Waals surface area contributed by atoms with Gasteiger partial charge < -0.3 is 19.9 Å². The molecule has 7 rings (SSSR count). The van der Waals surface area contributed by atoms with E-state index in [9.17, 15) is 10.1 Å². The minimum absolute atomic E-state index is 0.183. The summed E-state index contributed by atoms with van der Waals surface area (Å²) in [6.07, 6.45) is 10.3. The van der Waals surface area contributed by atoms with E-state index in [1.165, 1.54) is 6.42 Å². The quantitative estimate of drug-likeness (QED) is 0.659. The number of nitrogens with zero attached hydrogens (tertiary/aromatic N) is 7. The van der Waals surface area contributed by atoms with Gasteiger partial charge in [-0.05, 0) is 25.3 Å². The summed E-state index contributed by atoms with van der Waals surface area (Å²) >= 11 is 0. The number of urea groups is 1. The Morgan fingerprint density at radius 3 is 2.58 bits per heavy atom. The maximum absolute atomic E-state index is 12.9. The molecular weight excluding hydrogens is 420 g/mol.